The van der Waals surface area contributed by atoms with E-state index in [4.69, 9.17) is 5.11 Å². The maximum atomic E-state index is 13.6. The summed E-state index contributed by atoms with van der Waals surface area (Å²) in [4.78, 5) is 10.7. The first-order chi connectivity index (χ1) is 7.52. The minimum atomic E-state index is -0.908. The number of carboxylic acid groups (broad SMARTS) is 1. The van der Waals surface area contributed by atoms with Gasteiger partial charge in [0.05, 0.1) is 11.9 Å². The van der Waals surface area contributed by atoms with Gasteiger partial charge in [0.15, 0.2) is 0 Å². The van der Waals surface area contributed by atoms with E-state index in [1.54, 1.807) is 23.7 Å². The van der Waals surface area contributed by atoms with E-state index in [2.05, 4.69) is 0 Å². The van der Waals surface area contributed by atoms with Crippen molar-refractivity contribution in [3.05, 3.63) is 35.3 Å². The molecule has 0 bridgehead atoms. The zero-order valence-corrected chi connectivity index (χ0v) is 9.12. The number of fused-ring (bicyclic) bond motifs is 1. The molecule has 0 amide bonds. The molecule has 3 nitrogen and oxygen atoms in total. The molecule has 0 aliphatic rings. The van der Waals surface area contributed by atoms with Gasteiger partial charge in [-0.3, -0.25) is 4.79 Å². The fourth-order valence-corrected chi connectivity index (χ4v) is 2.10. The van der Waals surface area contributed by atoms with Crippen molar-refractivity contribution >= 4 is 16.9 Å². The van der Waals surface area contributed by atoms with Gasteiger partial charge in [0.1, 0.15) is 5.82 Å². The van der Waals surface area contributed by atoms with E-state index >= 15 is 0 Å². The van der Waals surface area contributed by atoms with Crippen LogP contribution in [0.5, 0.6) is 0 Å². The van der Waals surface area contributed by atoms with Crippen LogP contribution in [0.3, 0.4) is 0 Å². The van der Waals surface area contributed by atoms with E-state index in [9.17, 15) is 9.18 Å². The SMILES string of the molecule is Cc1c(CC(=O)O)n(C)c2c(F)cccc12. The molecular formula is C12H12FNO2. The number of aliphatic carboxylic acids is 1. The molecule has 0 aliphatic carbocycles. The van der Waals surface area contributed by atoms with Crippen molar-refractivity contribution in [3.63, 3.8) is 0 Å². The summed E-state index contributed by atoms with van der Waals surface area (Å²) < 4.78 is 15.2. The third-order valence-electron chi connectivity index (χ3n) is 2.88. The molecule has 0 spiro atoms. The van der Waals surface area contributed by atoms with Gasteiger partial charge in [-0.05, 0) is 18.6 Å². The topological polar surface area (TPSA) is 42.2 Å². The Morgan fingerprint density at radius 3 is 2.75 bits per heavy atom. The Kier molecular flexibility index (Phi) is 2.42. The fourth-order valence-electron chi connectivity index (χ4n) is 2.10. The molecule has 1 heterocycles. The van der Waals surface area contributed by atoms with Crippen molar-refractivity contribution in [2.75, 3.05) is 0 Å². The van der Waals surface area contributed by atoms with Crippen molar-refractivity contribution in [2.24, 2.45) is 7.05 Å². The predicted molar refractivity (Wildman–Crippen MR) is 59.0 cm³/mol. The molecule has 2 aromatic rings. The Morgan fingerprint density at radius 1 is 1.50 bits per heavy atom. The molecule has 1 aromatic carbocycles. The molecule has 0 radical (unpaired) electrons. The fraction of sp³-hybridized carbons (Fsp3) is 0.250. The van der Waals surface area contributed by atoms with E-state index in [-0.39, 0.29) is 12.2 Å². The van der Waals surface area contributed by atoms with E-state index in [0.717, 1.165) is 10.9 Å². The number of aromatic nitrogens is 1. The average molecular weight is 221 g/mol. The van der Waals surface area contributed by atoms with Crippen LogP contribution in [-0.2, 0) is 18.3 Å². The Labute approximate surface area is 92.1 Å². The Morgan fingerprint density at radius 2 is 2.19 bits per heavy atom. The molecule has 84 valence electrons. The quantitative estimate of drug-likeness (QED) is 0.845. The van der Waals surface area contributed by atoms with Crippen molar-refractivity contribution in [1.29, 1.82) is 0 Å². The summed E-state index contributed by atoms with van der Waals surface area (Å²) in [6.07, 6.45) is -0.0869. The summed E-state index contributed by atoms with van der Waals surface area (Å²) in [7, 11) is 1.69. The van der Waals surface area contributed by atoms with Crippen molar-refractivity contribution in [2.45, 2.75) is 13.3 Å². The van der Waals surface area contributed by atoms with Crippen LogP contribution in [-0.4, -0.2) is 15.6 Å². The first-order valence-corrected chi connectivity index (χ1v) is 4.96. The highest BCUT2D eigenvalue weighted by Crippen LogP contribution is 2.26. The largest absolute Gasteiger partial charge is 0.481 e. The van der Waals surface area contributed by atoms with Gasteiger partial charge in [0.2, 0.25) is 0 Å². The van der Waals surface area contributed by atoms with Gasteiger partial charge in [-0.1, -0.05) is 12.1 Å². The number of benzene rings is 1. The summed E-state index contributed by atoms with van der Waals surface area (Å²) in [6, 6.07) is 4.82. The highest BCUT2D eigenvalue weighted by atomic mass is 19.1. The molecule has 0 aliphatic heterocycles. The van der Waals surface area contributed by atoms with E-state index < -0.39 is 5.97 Å². The number of aryl methyl sites for hydroxylation is 2. The second-order valence-corrected chi connectivity index (χ2v) is 3.84. The van der Waals surface area contributed by atoms with Gasteiger partial charge in [0.25, 0.3) is 0 Å². The molecule has 0 unspecified atom stereocenters. The Hall–Kier alpha value is -1.84. The van der Waals surface area contributed by atoms with Gasteiger partial charge in [0, 0.05) is 18.1 Å². The van der Waals surface area contributed by atoms with Gasteiger partial charge < -0.3 is 9.67 Å². The monoisotopic (exact) mass is 221 g/mol. The number of rotatable bonds is 2. The predicted octanol–water partition coefficient (Wildman–Crippen LogP) is 2.25. The molecule has 0 atom stereocenters. The van der Waals surface area contributed by atoms with Gasteiger partial charge in [-0.15, -0.1) is 0 Å². The molecular weight excluding hydrogens is 209 g/mol. The highest BCUT2D eigenvalue weighted by Gasteiger charge is 2.16. The number of halogens is 1. The summed E-state index contributed by atoms with van der Waals surface area (Å²) in [5.41, 5.74) is 1.95. The van der Waals surface area contributed by atoms with E-state index in [0.29, 0.717) is 11.2 Å². The maximum Gasteiger partial charge on any atom is 0.309 e. The molecule has 0 saturated carbocycles. The summed E-state index contributed by atoms with van der Waals surface area (Å²) in [5, 5.41) is 9.58. The zero-order valence-electron chi connectivity index (χ0n) is 9.12. The van der Waals surface area contributed by atoms with E-state index in [1.807, 2.05) is 6.92 Å². The van der Waals surface area contributed by atoms with Crippen LogP contribution < -0.4 is 0 Å². The molecule has 16 heavy (non-hydrogen) atoms. The van der Waals surface area contributed by atoms with Crippen molar-refractivity contribution < 1.29 is 14.3 Å². The van der Waals surface area contributed by atoms with Gasteiger partial charge >= 0.3 is 5.97 Å². The van der Waals surface area contributed by atoms with Crippen molar-refractivity contribution in [1.82, 2.24) is 4.57 Å². The molecule has 2 rings (SSSR count). The number of carbonyl (C=O) groups is 1. The van der Waals surface area contributed by atoms with Gasteiger partial charge in [-0.25, -0.2) is 4.39 Å². The third kappa shape index (κ3) is 1.46. The second-order valence-electron chi connectivity index (χ2n) is 3.84. The minimum Gasteiger partial charge on any atom is -0.481 e. The Balaban J connectivity index is 2.77. The van der Waals surface area contributed by atoms with Crippen LogP contribution in [0.2, 0.25) is 0 Å². The second kappa shape index (κ2) is 3.63. The van der Waals surface area contributed by atoms with Crippen molar-refractivity contribution in [3.8, 4) is 0 Å². The van der Waals surface area contributed by atoms with Crippen LogP contribution >= 0.6 is 0 Å². The first-order valence-electron chi connectivity index (χ1n) is 4.96. The standard InChI is InChI=1S/C12H12FNO2/c1-7-8-4-3-5-9(13)12(8)14(2)10(7)6-11(15)16/h3-5H,6H2,1-2H3,(H,15,16). The zero-order chi connectivity index (χ0) is 11.9. The van der Waals surface area contributed by atoms with Crippen LogP contribution in [0.1, 0.15) is 11.3 Å². The molecule has 4 heteroatoms. The average Bonchev–Trinajstić information content (AvgIpc) is 2.44. The first kappa shape index (κ1) is 10.7. The lowest BCUT2D eigenvalue weighted by Crippen LogP contribution is -2.06. The van der Waals surface area contributed by atoms with Crippen LogP contribution in [0, 0.1) is 12.7 Å². The summed E-state index contributed by atoms with van der Waals surface area (Å²) in [5.74, 6) is -1.23. The van der Waals surface area contributed by atoms with Crippen LogP contribution in [0.15, 0.2) is 18.2 Å². The molecule has 1 aromatic heterocycles. The van der Waals surface area contributed by atoms with Gasteiger partial charge in [-0.2, -0.15) is 0 Å². The third-order valence-corrected chi connectivity index (χ3v) is 2.88. The number of hydrogen-bond donors (Lipinski definition) is 1. The Bertz CT molecular complexity index is 572. The molecule has 0 saturated heterocycles. The number of nitrogens with zero attached hydrogens (tertiary/aromatic N) is 1. The van der Waals surface area contributed by atoms with Crippen LogP contribution in [0.4, 0.5) is 4.39 Å². The number of hydrogen-bond acceptors (Lipinski definition) is 1. The van der Waals surface area contributed by atoms with E-state index in [1.165, 1.54) is 6.07 Å². The molecule has 1 N–H and O–H groups in total. The summed E-state index contributed by atoms with van der Waals surface area (Å²) >= 11 is 0. The number of para-hydroxylation sites is 1. The lowest BCUT2D eigenvalue weighted by molar-refractivity contribution is -0.136. The highest BCUT2D eigenvalue weighted by molar-refractivity contribution is 5.87. The number of carboxylic acids is 1. The minimum absolute atomic E-state index is 0.0869. The lowest BCUT2D eigenvalue weighted by Gasteiger charge is -2.02. The normalized spacial score (nSPS) is 10.9. The van der Waals surface area contributed by atoms with Crippen LogP contribution in [0.25, 0.3) is 10.9 Å². The smallest absolute Gasteiger partial charge is 0.309 e. The molecule has 0 fully saturated rings. The lowest BCUT2D eigenvalue weighted by atomic mass is 10.1. The maximum absolute atomic E-state index is 13.6. The summed E-state index contributed by atoms with van der Waals surface area (Å²) in [6.45, 7) is 1.82.